The lowest BCUT2D eigenvalue weighted by Crippen LogP contribution is -2.24. The molecule has 174 valence electrons. The smallest absolute Gasteiger partial charge is 0.237 e. The third-order valence-electron chi connectivity index (χ3n) is 5.79. The number of carbonyl (C=O) groups excluding carboxylic acids is 3. The van der Waals surface area contributed by atoms with Crippen LogP contribution in [-0.4, -0.2) is 37.5 Å². The molecule has 35 heavy (non-hydrogen) atoms. The molecule has 7 nitrogen and oxygen atoms in total. The van der Waals surface area contributed by atoms with Gasteiger partial charge in [-0.3, -0.25) is 14.4 Å². The van der Waals surface area contributed by atoms with Crippen molar-refractivity contribution in [3.63, 3.8) is 0 Å². The van der Waals surface area contributed by atoms with E-state index in [2.05, 4.69) is 15.5 Å². The lowest BCUT2D eigenvalue weighted by molar-refractivity contribution is -0.115. The zero-order chi connectivity index (χ0) is 24.7. The number of amides is 1. The molecule has 0 saturated carbocycles. The summed E-state index contributed by atoms with van der Waals surface area (Å²) in [6, 6.07) is 17.7. The molecule has 5 rings (SSSR count). The molecule has 1 aromatic heterocycles. The van der Waals surface area contributed by atoms with E-state index in [1.807, 2.05) is 0 Å². The number of nitrogens with zero attached hydrogens (tertiary/aromatic N) is 3. The Morgan fingerprint density at radius 2 is 1.49 bits per heavy atom. The molecule has 0 spiro atoms. The maximum absolute atomic E-state index is 14.2. The number of hydrogen-bond acceptors (Lipinski definition) is 6. The summed E-state index contributed by atoms with van der Waals surface area (Å²) in [6.07, 6.45) is 0. The zero-order valence-electron chi connectivity index (χ0n) is 18.8. The number of thioether (sulfide) groups is 1. The lowest BCUT2D eigenvalue weighted by atomic mass is 9.84. The van der Waals surface area contributed by atoms with Crippen LogP contribution < -0.4 is 5.32 Å². The highest BCUT2D eigenvalue weighted by atomic mass is 32.2. The maximum atomic E-state index is 14.2. The van der Waals surface area contributed by atoms with Gasteiger partial charge >= 0.3 is 0 Å². The number of hydrogen-bond donors (Lipinski definition) is 1. The summed E-state index contributed by atoms with van der Waals surface area (Å²) in [7, 11) is 1.71. The minimum atomic E-state index is -0.569. The molecule has 3 aromatic carbocycles. The van der Waals surface area contributed by atoms with Gasteiger partial charge in [0, 0.05) is 35.0 Å². The molecule has 1 aliphatic rings. The first-order chi connectivity index (χ1) is 16.8. The number of carbonyl (C=O) groups is 3. The van der Waals surface area contributed by atoms with Gasteiger partial charge < -0.3 is 9.88 Å². The number of aromatic nitrogens is 3. The van der Waals surface area contributed by atoms with Crippen LogP contribution in [0.15, 0.2) is 71.9 Å². The van der Waals surface area contributed by atoms with Gasteiger partial charge in [0.1, 0.15) is 5.82 Å². The zero-order valence-corrected chi connectivity index (χ0v) is 19.6. The summed E-state index contributed by atoms with van der Waals surface area (Å²) in [5.41, 5.74) is 2.03. The van der Waals surface area contributed by atoms with Crippen molar-refractivity contribution in [2.24, 2.45) is 7.05 Å². The first kappa shape index (κ1) is 22.7. The Kier molecular flexibility index (Phi) is 5.78. The van der Waals surface area contributed by atoms with Crippen LogP contribution in [0.3, 0.4) is 0 Å². The number of rotatable bonds is 5. The molecule has 0 radical (unpaired) electrons. The third-order valence-corrected chi connectivity index (χ3v) is 6.93. The Bertz CT molecular complexity index is 1510. The third kappa shape index (κ3) is 4.04. The summed E-state index contributed by atoms with van der Waals surface area (Å²) >= 11 is 1.17. The quantitative estimate of drug-likeness (QED) is 0.367. The van der Waals surface area contributed by atoms with Gasteiger partial charge in [-0.2, -0.15) is 0 Å². The van der Waals surface area contributed by atoms with Crippen molar-refractivity contribution in [1.82, 2.24) is 14.8 Å². The molecule has 1 atom stereocenters. The molecular weight excluding hydrogens is 467 g/mol. The molecule has 0 unspecified atom stereocenters. The summed E-state index contributed by atoms with van der Waals surface area (Å²) in [5.74, 6) is -0.844. The molecule has 0 aliphatic heterocycles. The van der Waals surface area contributed by atoms with Crippen LogP contribution in [0, 0.1) is 5.82 Å². The molecule has 1 aliphatic carbocycles. The van der Waals surface area contributed by atoms with E-state index in [0.29, 0.717) is 38.9 Å². The highest BCUT2D eigenvalue weighted by molar-refractivity contribution is 8.00. The molecular formula is C26H19FN4O3S. The van der Waals surface area contributed by atoms with Crippen LogP contribution in [0.5, 0.6) is 0 Å². The van der Waals surface area contributed by atoms with Crippen LogP contribution in [-0.2, 0) is 11.8 Å². The Morgan fingerprint density at radius 3 is 2.17 bits per heavy atom. The van der Waals surface area contributed by atoms with Crippen molar-refractivity contribution in [2.75, 3.05) is 5.32 Å². The monoisotopic (exact) mass is 486 g/mol. The first-order valence-electron chi connectivity index (χ1n) is 10.8. The van der Waals surface area contributed by atoms with Crippen molar-refractivity contribution < 1.29 is 18.8 Å². The molecule has 0 fully saturated rings. The first-order valence-corrected chi connectivity index (χ1v) is 11.7. The fourth-order valence-electron chi connectivity index (χ4n) is 3.93. The fourth-order valence-corrected chi connectivity index (χ4v) is 4.74. The van der Waals surface area contributed by atoms with Gasteiger partial charge in [0.15, 0.2) is 22.5 Å². The second-order valence-electron chi connectivity index (χ2n) is 8.06. The highest BCUT2D eigenvalue weighted by Gasteiger charge is 2.30. The molecule has 9 heteroatoms. The Morgan fingerprint density at radius 1 is 0.886 bits per heavy atom. The minimum Gasteiger partial charge on any atom is -0.325 e. The van der Waals surface area contributed by atoms with E-state index in [1.165, 1.54) is 23.9 Å². The fraction of sp³-hybridized carbons (Fsp3) is 0.115. The van der Waals surface area contributed by atoms with Crippen molar-refractivity contribution in [3.8, 4) is 11.4 Å². The Hall–Kier alpha value is -4.11. The molecule has 0 bridgehead atoms. The number of halogens is 1. The molecule has 1 heterocycles. The predicted octanol–water partition coefficient (Wildman–Crippen LogP) is 4.52. The van der Waals surface area contributed by atoms with E-state index >= 15 is 0 Å². The highest BCUT2D eigenvalue weighted by Crippen LogP contribution is 2.30. The Balaban J connectivity index is 1.33. The molecule has 1 amide bonds. The summed E-state index contributed by atoms with van der Waals surface area (Å²) in [4.78, 5) is 38.6. The Labute approximate surface area is 204 Å². The van der Waals surface area contributed by atoms with Gasteiger partial charge in [-0.1, -0.05) is 48.2 Å². The molecule has 4 aromatic rings. The average molecular weight is 487 g/mol. The summed E-state index contributed by atoms with van der Waals surface area (Å²) in [6.45, 7) is 1.71. The SMILES string of the molecule is C[C@H](Sc1nnc(-c2ccccc2F)n1C)C(=O)Nc1ccc2c(c1)C(=O)c1ccccc1C2=O. The number of ketones is 2. The van der Waals surface area contributed by atoms with Crippen LogP contribution >= 0.6 is 11.8 Å². The predicted molar refractivity (Wildman–Crippen MR) is 130 cm³/mol. The van der Waals surface area contributed by atoms with Crippen LogP contribution in [0.25, 0.3) is 11.4 Å². The van der Waals surface area contributed by atoms with E-state index in [-0.39, 0.29) is 23.0 Å². The molecule has 1 N–H and O–H groups in total. The van der Waals surface area contributed by atoms with Crippen LogP contribution in [0.1, 0.15) is 38.8 Å². The van der Waals surface area contributed by atoms with Crippen LogP contribution in [0.4, 0.5) is 10.1 Å². The van der Waals surface area contributed by atoms with Crippen molar-refractivity contribution in [1.29, 1.82) is 0 Å². The summed E-state index contributed by atoms with van der Waals surface area (Å²) < 4.78 is 15.8. The average Bonchev–Trinajstić information content (AvgIpc) is 3.22. The van der Waals surface area contributed by atoms with E-state index < -0.39 is 11.1 Å². The van der Waals surface area contributed by atoms with Crippen molar-refractivity contribution in [2.45, 2.75) is 17.3 Å². The number of nitrogens with one attached hydrogen (secondary N) is 1. The second-order valence-corrected chi connectivity index (χ2v) is 9.37. The topological polar surface area (TPSA) is 93.9 Å². The van der Waals surface area contributed by atoms with E-state index in [1.54, 1.807) is 73.1 Å². The van der Waals surface area contributed by atoms with Gasteiger partial charge in [-0.25, -0.2) is 4.39 Å². The van der Waals surface area contributed by atoms with Gasteiger partial charge in [0.25, 0.3) is 0 Å². The largest absolute Gasteiger partial charge is 0.325 e. The van der Waals surface area contributed by atoms with E-state index in [4.69, 9.17) is 0 Å². The second kappa shape index (κ2) is 8.92. The van der Waals surface area contributed by atoms with Gasteiger partial charge in [0.05, 0.1) is 10.8 Å². The summed E-state index contributed by atoms with van der Waals surface area (Å²) in [5, 5.41) is 10.9. The van der Waals surface area contributed by atoms with Gasteiger partial charge in [-0.05, 0) is 37.3 Å². The normalized spacial score (nSPS) is 13.2. The number of anilines is 1. The number of benzene rings is 3. The van der Waals surface area contributed by atoms with Crippen molar-refractivity contribution >= 4 is 34.9 Å². The van der Waals surface area contributed by atoms with E-state index in [0.717, 1.165) is 0 Å². The number of fused-ring (bicyclic) bond motifs is 2. The maximum Gasteiger partial charge on any atom is 0.237 e. The van der Waals surface area contributed by atoms with Crippen molar-refractivity contribution in [3.05, 3.63) is 94.8 Å². The van der Waals surface area contributed by atoms with Gasteiger partial charge in [-0.15, -0.1) is 10.2 Å². The van der Waals surface area contributed by atoms with Crippen LogP contribution in [0.2, 0.25) is 0 Å². The lowest BCUT2D eigenvalue weighted by Gasteiger charge is -2.18. The van der Waals surface area contributed by atoms with Gasteiger partial charge in [0.2, 0.25) is 5.91 Å². The molecule has 0 saturated heterocycles. The van der Waals surface area contributed by atoms with E-state index in [9.17, 15) is 18.8 Å². The minimum absolute atomic E-state index is 0.218. The standard InChI is InChI=1S/C26H19FN4O3S/c1-14(35-26-30-29-24(31(26)2)19-9-5-6-10-21(19)27)25(34)28-15-11-12-18-20(13-15)23(33)17-8-4-3-7-16(17)22(18)32/h3-14H,1-2H3,(H,28,34)/t14-/m0/s1.